The first-order chi connectivity index (χ1) is 9.67. The van der Waals surface area contributed by atoms with Crippen molar-refractivity contribution < 1.29 is 8.78 Å². The zero-order valence-electron chi connectivity index (χ0n) is 11.4. The van der Waals surface area contributed by atoms with Crippen molar-refractivity contribution in [1.29, 1.82) is 0 Å². The van der Waals surface area contributed by atoms with Gasteiger partial charge in [-0.05, 0) is 24.5 Å². The van der Waals surface area contributed by atoms with Crippen LogP contribution in [0, 0.1) is 11.6 Å². The molecule has 1 aromatic rings. The van der Waals surface area contributed by atoms with Gasteiger partial charge in [0.15, 0.2) is 11.6 Å². The summed E-state index contributed by atoms with van der Waals surface area (Å²) in [5, 5.41) is 0.831. The van der Waals surface area contributed by atoms with Crippen molar-refractivity contribution in [2.24, 2.45) is 5.84 Å². The summed E-state index contributed by atoms with van der Waals surface area (Å²) in [6, 6.07) is 4.27. The second-order valence-corrected chi connectivity index (χ2v) is 7.48. The number of hydrazine groups is 1. The standard InChI is InChI=1S/C14H20F2N2S2/c1-2-12-14(20-7-6-19-12)11(18-17)8-9-4-3-5-10(15)13(9)16/h3-5,11-12,14,18H,2,6-8,17H2,1H3. The number of hydrogen-bond acceptors (Lipinski definition) is 4. The van der Waals surface area contributed by atoms with E-state index in [9.17, 15) is 8.78 Å². The highest BCUT2D eigenvalue weighted by Crippen LogP contribution is 2.36. The summed E-state index contributed by atoms with van der Waals surface area (Å²) >= 11 is 3.83. The molecule has 1 fully saturated rings. The highest BCUT2D eigenvalue weighted by Gasteiger charge is 2.32. The SMILES string of the molecule is CCC1SCCSC1C(Cc1cccc(F)c1F)NN. The maximum atomic E-state index is 13.8. The van der Waals surface area contributed by atoms with Crippen LogP contribution >= 0.6 is 23.5 Å². The molecule has 1 heterocycles. The molecule has 0 saturated carbocycles. The largest absolute Gasteiger partial charge is 0.271 e. The van der Waals surface area contributed by atoms with Crippen molar-refractivity contribution in [1.82, 2.24) is 5.43 Å². The van der Waals surface area contributed by atoms with E-state index in [4.69, 9.17) is 5.84 Å². The number of hydrogen-bond donors (Lipinski definition) is 2. The van der Waals surface area contributed by atoms with Gasteiger partial charge >= 0.3 is 0 Å². The van der Waals surface area contributed by atoms with Crippen LogP contribution in [-0.2, 0) is 6.42 Å². The van der Waals surface area contributed by atoms with Gasteiger partial charge in [-0.25, -0.2) is 8.78 Å². The molecule has 0 spiro atoms. The molecule has 0 radical (unpaired) electrons. The molecule has 1 aliphatic rings. The van der Waals surface area contributed by atoms with Crippen LogP contribution in [0.4, 0.5) is 8.78 Å². The molecule has 6 heteroatoms. The number of benzene rings is 1. The Kier molecular flexibility index (Phi) is 6.14. The van der Waals surface area contributed by atoms with Crippen LogP contribution in [0.25, 0.3) is 0 Å². The van der Waals surface area contributed by atoms with E-state index in [0.29, 0.717) is 22.5 Å². The number of rotatable bonds is 5. The van der Waals surface area contributed by atoms with Crippen LogP contribution in [0.3, 0.4) is 0 Å². The van der Waals surface area contributed by atoms with Gasteiger partial charge in [0.25, 0.3) is 0 Å². The summed E-state index contributed by atoms with van der Waals surface area (Å²) in [5.74, 6) is 6.34. The summed E-state index contributed by atoms with van der Waals surface area (Å²) in [7, 11) is 0. The fourth-order valence-corrected chi connectivity index (χ4v) is 5.77. The Hall–Kier alpha value is -0.300. The fraction of sp³-hybridized carbons (Fsp3) is 0.571. The zero-order chi connectivity index (χ0) is 14.5. The van der Waals surface area contributed by atoms with Crippen LogP contribution in [0.5, 0.6) is 0 Å². The predicted molar refractivity (Wildman–Crippen MR) is 84.0 cm³/mol. The molecule has 20 heavy (non-hydrogen) atoms. The Morgan fingerprint density at radius 2 is 2.10 bits per heavy atom. The summed E-state index contributed by atoms with van der Waals surface area (Å²) in [4.78, 5) is 0. The van der Waals surface area contributed by atoms with Crippen LogP contribution in [0.2, 0.25) is 0 Å². The lowest BCUT2D eigenvalue weighted by Gasteiger charge is -2.35. The number of thioether (sulfide) groups is 2. The van der Waals surface area contributed by atoms with Crippen molar-refractivity contribution in [3.8, 4) is 0 Å². The maximum Gasteiger partial charge on any atom is 0.162 e. The quantitative estimate of drug-likeness (QED) is 0.647. The molecular weight excluding hydrogens is 298 g/mol. The van der Waals surface area contributed by atoms with Crippen LogP contribution in [-0.4, -0.2) is 28.0 Å². The highest BCUT2D eigenvalue weighted by atomic mass is 32.2. The van der Waals surface area contributed by atoms with Gasteiger partial charge < -0.3 is 0 Å². The number of nitrogens with one attached hydrogen (secondary N) is 1. The van der Waals surface area contributed by atoms with Crippen molar-refractivity contribution >= 4 is 23.5 Å². The third-order valence-electron chi connectivity index (χ3n) is 3.58. The monoisotopic (exact) mass is 318 g/mol. The first-order valence-corrected chi connectivity index (χ1v) is 8.89. The van der Waals surface area contributed by atoms with E-state index in [1.807, 2.05) is 23.5 Å². The molecule has 0 bridgehead atoms. The first-order valence-electron chi connectivity index (χ1n) is 6.79. The van der Waals surface area contributed by atoms with Gasteiger partial charge in [0.2, 0.25) is 0 Å². The number of halogens is 2. The Morgan fingerprint density at radius 3 is 2.80 bits per heavy atom. The van der Waals surface area contributed by atoms with E-state index < -0.39 is 11.6 Å². The van der Waals surface area contributed by atoms with E-state index in [1.165, 1.54) is 0 Å². The van der Waals surface area contributed by atoms with Gasteiger partial charge in [-0.2, -0.15) is 23.5 Å². The minimum atomic E-state index is -0.795. The van der Waals surface area contributed by atoms with Gasteiger partial charge in [0.1, 0.15) is 0 Å². The molecule has 112 valence electrons. The van der Waals surface area contributed by atoms with Gasteiger partial charge in [-0.15, -0.1) is 0 Å². The second kappa shape index (κ2) is 7.64. The topological polar surface area (TPSA) is 38.0 Å². The summed E-state index contributed by atoms with van der Waals surface area (Å²) in [6.45, 7) is 2.16. The van der Waals surface area contributed by atoms with Crippen molar-refractivity contribution in [3.63, 3.8) is 0 Å². The molecule has 1 saturated heterocycles. The third-order valence-corrected chi connectivity index (χ3v) is 6.98. The molecule has 3 unspecified atom stereocenters. The minimum absolute atomic E-state index is 0.0472. The molecular formula is C14H20F2N2S2. The van der Waals surface area contributed by atoms with E-state index in [-0.39, 0.29) is 6.04 Å². The van der Waals surface area contributed by atoms with Crippen LogP contribution in [0.1, 0.15) is 18.9 Å². The molecule has 1 aliphatic heterocycles. The van der Waals surface area contributed by atoms with E-state index in [0.717, 1.165) is 24.0 Å². The van der Waals surface area contributed by atoms with Gasteiger partial charge in [0.05, 0.1) is 0 Å². The van der Waals surface area contributed by atoms with E-state index in [2.05, 4.69) is 12.3 Å². The van der Waals surface area contributed by atoms with Crippen molar-refractivity contribution in [2.75, 3.05) is 11.5 Å². The van der Waals surface area contributed by atoms with E-state index >= 15 is 0 Å². The van der Waals surface area contributed by atoms with Gasteiger partial charge in [-0.3, -0.25) is 11.3 Å². The lowest BCUT2D eigenvalue weighted by molar-refractivity contribution is 0.461. The Bertz CT molecular complexity index is 445. The number of nitrogens with two attached hydrogens (primary N) is 1. The zero-order valence-corrected chi connectivity index (χ0v) is 13.1. The fourth-order valence-electron chi connectivity index (χ4n) is 2.52. The second-order valence-electron chi connectivity index (χ2n) is 4.84. The molecule has 0 aliphatic carbocycles. The van der Waals surface area contributed by atoms with Crippen molar-refractivity contribution in [2.45, 2.75) is 36.3 Å². The molecule has 3 N–H and O–H groups in total. The summed E-state index contributed by atoms with van der Waals surface area (Å²) < 4.78 is 27.1. The molecule has 2 rings (SSSR count). The molecule has 2 nitrogen and oxygen atoms in total. The average Bonchev–Trinajstić information content (AvgIpc) is 2.49. The van der Waals surface area contributed by atoms with Gasteiger partial charge in [0, 0.05) is 28.0 Å². The predicted octanol–water partition coefficient (Wildman–Crippen LogP) is 2.97. The summed E-state index contributed by atoms with van der Waals surface area (Å²) in [6.07, 6.45) is 1.47. The molecule has 3 atom stereocenters. The normalized spacial score (nSPS) is 24.6. The van der Waals surface area contributed by atoms with Gasteiger partial charge in [-0.1, -0.05) is 19.1 Å². The summed E-state index contributed by atoms with van der Waals surface area (Å²) in [5.41, 5.74) is 3.20. The third kappa shape index (κ3) is 3.67. The lowest BCUT2D eigenvalue weighted by Crippen LogP contribution is -2.49. The average molecular weight is 318 g/mol. The minimum Gasteiger partial charge on any atom is -0.271 e. The van der Waals surface area contributed by atoms with Crippen molar-refractivity contribution in [3.05, 3.63) is 35.4 Å². The van der Waals surface area contributed by atoms with E-state index in [1.54, 1.807) is 12.1 Å². The van der Waals surface area contributed by atoms with Crippen LogP contribution in [0.15, 0.2) is 18.2 Å². The van der Waals surface area contributed by atoms with Crippen LogP contribution < -0.4 is 11.3 Å². The lowest BCUT2D eigenvalue weighted by atomic mass is 10.00. The maximum absolute atomic E-state index is 13.8. The molecule has 0 aromatic heterocycles. The molecule has 1 aromatic carbocycles. The first kappa shape index (κ1) is 16.1. The Morgan fingerprint density at radius 1 is 1.35 bits per heavy atom. The highest BCUT2D eigenvalue weighted by molar-refractivity contribution is 8.07. The Labute approximate surface area is 127 Å². The molecule has 0 amide bonds. The smallest absolute Gasteiger partial charge is 0.162 e. The Balaban J connectivity index is 2.13.